The predicted octanol–water partition coefficient (Wildman–Crippen LogP) is 3.12. The van der Waals surface area contributed by atoms with Crippen molar-refractivity contribution in [2.75, 3.05) is 5.75 Å². The molecular weight excluding hydrogens is 232 g/mol. The van der Waals surface area contributed by atoms with Crippen LogP contribution in [-0.4, -0.2) is 16.8 Å². The summed E-state index contributed by atoms with van der Waals surface area (Å²) in [7, 11) is 0. The summed E-state index contributed by atoms with van der Waals surface area (Å²) in [6.07, 6.45) is 2.51. The number of aryl methyl sites for hydroxylation is 1. The number of rotatable bonds is 6. The Kier molecular flexibility index (Phi) is 5.91. The van der Waals surface area contributed by atoms with Gasteiger partial charge in [0.15, 0.2) is 5.84 Å². The van der Waals surface area contributed by atoms with Gasteiger partial charge >= 0.3 is 0 Å². The molecule has 0 saturated carbocycles. The van der Waals surface area contributed by atoms with Crippen LogP contribution in [0.3, 0.4) is 0 Å². The van der Waals surface area contributed by atoms with Crippen molar-refractivity contribution in [3.05, 3.63) is 34.9 Å². The van der Waals surface area contributed by atoms with Gasteiger partial charge in [-0.15, -0.1) is 0 Å². The molecule has 1 rings (SSSR count). The molecule has 0 bridgehead atoms. The highest BCUT2D eigenvalue weighted by Crippen LogP contribution is 2.18. The number of thioether (sulfide) groups is 1. The number of unbranched alkanes of at least 4 members (excludes halogenated alkanes) is 1. The molecule has 0 aliphatic carbocycles. The van der Waals surface area contributed by atoms with Gasteiger partial charge in [-0.1, -0.05) is 30.6 Å². The molecule has 0 fully saturated rings. The average Bonchev–Trinajstić information content (AvgIpc) is 2.35. The molecule has 0 aromatic heterocycles. The third kappa shape index (κ3) is 4.30. The number of nitrogens with two attached hydrogens (primary N) is 1. The molecule has 0 heterocycles. The van der Waals surface area contributed by atoms with Gasteiger partial charge in [-0.2, -0.15) is 11.8 Å². The van der Waals surface area contributed by atoms with Crippen LogP contribution in [0.1, 0.15) is 36.5 Å². The van der Waals surface area contributed by atoms with Crippen LogP contribution in [0.25, 0.3) is 0 Å². The molecule has 0 saturated heterocycles. The fraction of sp³-hybridized carbons (Fsp3) is 0.462. The van der Waals surface area contributed by atoms with Crippen LogP contribution in [0.2, 0.25) is 0 Å². The van der Waals surface area contributed by atoms with Crippen LogP contribution in [0.4, 0.5) is 0 Å². The zero-order chi connectivity index (χ0) is 12.7. The van der Waals surface area contributed by atoms with Crippen LogP contribution >= 0.6 is 11.8 Å². The summed E-state index contributed by atoms with van der Waals surface area (Å²) in [4.78, 5) is 0. The van der Waals surface area contributed by atoms with Gasteiger partial charge < -0.3 is 10.9 Å². The second-order valence-corrected chi connectivity index (χ2v) is 5.14. The number of benzene rings is 1. The second kappa shape index (κ2) is 7.22. The lowest BCUT2D eigenvalue weighted by molar-refractivity contribution is 0.318. The van der Waals surface area contributed by atoms with Crippen LogP contribution in [0.5, 0.6) is 0 Å². The van der Waals surface area contributed by atoms with E-state index >= 15 is 0 Å². The standard InChI is InChI=1S/C13H20N2OS/c1-3-4-7-17-9-12-6-5-11(8-10(12)2)13(14)15-16/h5-6,8,16H,3-4,7,9H2,1-2H3,(H2,14,15). The summed E-state index contributed by atoms with van der Waals surface area (Å²) in [5, 5.41) is 11.6. The first-order valence-corrected chi connectivity index (χ1v) is 6.99. The van der Waals surface area contributed by atoms with Crippen molar-refractivity contribution in [2.45, 2.75) is 32.4 Å². The molecule has 0 amide bonds. The maximum atomic E-state index is 8.61. The molecule has 0 atom stereocenters. The lowest BCUT2D eigenvalue weighted by Gasteiger charge is -2.07. The predicted molar refractivity (Wildman–Crippen MR) is 74.8 cm³/mol. The van der Waals surface area contributed by atoms with E-state index in [1.807, 2.05) is 23.9 Å². The molecule has 0 unspecified atom stereocenters. The van der Waals surface area contributed by atoms with Crippen molar-refractivity contribution in [2.24, 2.45) is 10.9 Å². The number of amidine groups is 1. The van der Waals surface area contributed by atoms with E-state index in [2.05, 4.69) is 25.1 Å². The fourth-order valence-electron chi connectivity index (χ4n) is 1.50. The molecule has 0 aliphatic heterocycles. The van der Waals surface area contributed by atoms with Crippen LogP contribution in [0, 0.1) is 6.92 Å². The Bertz CT molecular complexity index is 391. The van der Waals surface area contributed by atoms with Crippen molar-refractivity contribution in [3.63, 3.8) is 0 Å². The maximum Gasteiger partial charge on any atom is 0.170 e. The molecule has 0 aliphatic rings. The van der Waals surface area contributed by atoms with Crippen molar-refractivity contribution in [3.8, 4) is 0 Å². The maximum absolute atomic E-state index is 8.61. The van der Waals surface area contributed by atoms with Crippen molar-refractivity contribution in [1.82, 2.24) is 0 Å². The quantitative estimate of drug-likeness (QED) is 0.269. The minimum atomic E-state index is 0.165. The van der Waals surface area contributed by atoms with Gasteiger partial charge in [0.1, 0.15) is 0 Å². The summed E-state index contributed by atoms with van der Waals surface area (Å²) in [5.74, 6) is 2.40. The van der Waals surface area contributed by atoms with Crippen molar-refractivity contribution >= 4 is 17.6 Å². The Morgan fingerprint density at radius 3 is 2.82 bits per heavy atom. The molecule has 3 N–H and O–H groups in total. The molecule has 17 heavy (non-hydrogen) atoms. The van der Waals surface area contributed by atoms with E-state index in [-0.39, 0.29) is 5.84 Å². The van der Waals surface area contributed by atoms with Gasteiger partial charge in [-0.05, 0) is 36.3 Å². The van der Waals surface area contributed by atoms with Crippen LogP contribution in [0.15, 0.2) is 23.4 Å². The Morgan fingerprint density at radius 1 is 1.47 bits per heavy atom. The Hall–Kier alpha value is -1.16. The molecule has 94 valence electrons. The van der Waals surface area contributed by atoms with E-state index in [0.717, 1.165) is 11.3 Å². The summed E-state index contributed by atoms with van der Waals surface area (Å²) in [5.41, 5.74) is 8.83. The molecule has 0 spiro atoms. The minimum Gasteiger partial charge on any atom is -0.409 e. The number of nitrogens with zero attached hydrogens (tertiary/aromatic N) is 1. The lowest BCUT2D eigenvalue weighted by Crippen LogP contribution is -2.13. The average molecular weight is 252 g/mol. The summed E-state index contributed by atoms with van der Waals surface area (Å²) >= 11 is 1.95. The molecular formula is C13H20N2OS. The third-order valence-electron chi connectivity index (χ3n) is 2.65. The topological polar surface area (TPSA) is 58.6 Å². The zero-order valence-electron chi connectivity index (χ0n) is 10.4. The molecule has 3 nitrogen and oxygen atoms in total. The first-order chi connectivity index (χ1) is 8.19. The summed E-state index contributed by atoms with van der Waals surface area (Å²) in [6, 6.07) is 5.92. The fourth-order valence-corrected chi connectivity index (χ4v) is 2.68. The van der Waals surface area contributed by atoms with E-state index < -0.39 is 0 Å². The molecule has 1 aromatic rings. The third-order valence-corrected chi connectivity index (χ3v) is 3.74. The first kappa shape index (κ1) is 13.9. The summed E-state index contributed by atoms with van der Waals surface area (Å²) in [6.45, 7) is 4.27. The highest BCUT2D eigenvalue weighted by molar-refractivity contribution is 7.98. The molecule has 0 radical (unpaired) electrons. The van der Waals surface area contributed by atoms with Gasteiger partial charge in [0, 0.05) is 11.3 Å². The van der Waals surface area contributed by atoms with E-state index in [9.17, 15) is 0 Å². The lowest BCUT2D eigenvalue weighted by atomic mass is 10.1. The van der Waals surface area contributed by atoms with Gasteiger partial charge in [0.05, 0.1) is 0 Å². The Morgan fingerprint density at radius 2 is 2.24 bits per heavy atom. The van der Waals surface area contributed by atoms with E-state index in [4.69, 9.17) is 10.9 Å². The van der Waals surface area contributed by atoms with Crippen molar-refractivity contribution in [1.29, 1.82) is 0 Å². The van der Waals surface area contributed by atoms with Crippen LogP contribution < -0.4 is 5.73 Å². The van der Waals surface area contributed by atoms with Crippen molar-refractivity contribution < 1.29 is 5.21 Å². The highest BCUT2D eigenvalue weighted by atomic mass is 32.2. The van der Waals surface area contributed by atoms with Gasteiger partial charge in [0.25, 0.3) is 0 Å². The number of hydrogen-bond acceptors (Lipinski definition) is 3. The smallest absolute Gasteiger partial charge is 0.170 e. The van der Waals surface area contributed by atoms with E-state index in [1.165, 1.54) is 29.7 Å². The number of oxime groups is 1. The summed E-state index contributed by atoms with van der Waals surface area (Å²) < 4.78 is 0. The Balaban J connectivity index is 2.63. The number of hydrogen-bond donors (Lipinski definition) is 2. The monoisotopic (exact) mass is 252 g/mol. The normalized spacial score (nSPS) is 11.8. The second-order valence-electron chi connectivity index (χ2n) is 4.03. The first-order valence-electron chi connectivity index (χ1n) is 5.84. The minimum absolute atomic E-state index is 0.165. The van der Waals surface area contributed by atoms with Gasteiger partial charge in [0.2, 0.25) is 0 Å². The van der Waals surface area contributed by atoms with Gasteiger partial charge in [-0.3, -0.25) is 0 Å². The molecule has 4 heteroatoms. The SMILES string of the molecule is CCCCSCc1ccc(/C(N)=N/O)cc1C. The zero-order valence-corrected chi connectivity index (χ0v) is 11.3. The highest BCUT2D eigenvalue weighted by Gasteiger charge is 2.03. The molecule has 1 aromatic carbocycles. The van der Waals surface area contributed by atoms with Crippen LogP contribution in [-0.2, 0) is 5.75 Å². The Labute approximate surface area is 107 Å². The van der Waals surface area contributed by atoms with E-state index in [0.29, 0.717) is 0 Å². The largest absolute Gasteiger partial charge is 0.409 e. The van der Waals surface area contributed by atoms with E-state index in [1.54, 1.807) is 0 Å². The van der Waals surface area contributed by atoms with Gasteiger partial charge in [-0.25, -0.2) is 0 Å².